The van der Waals surface area contributed by atoms with Crippen LogP contribution in [-0.2, 0) is 10.8 Å². The van der Waals surface area contributed by atoms with Crippen molar-refractivity contribution in [3.63, 3.8) is 0 Å². The third-order valence-electron chi connectivity index (χ3n) is 11.9. The maximum absolute atomic E-state index is 5.79. The van der Waals surface area contributed by atoms with Crippen LogP contribution in [0.1, 0.15) is 61.2 Å². The summed E-state index contributed by atoms with van der Waals surface area (Å²) in [7, 11) is 5.02. The Hall–Kier alpha value is -8.60. The lowest BCUT2D eigenvalue weighted by molar-refractivity contribution is 0.414. The topological polar surface area (TPSA) is 27.7 Å². The Morgan fingerprint density at radius 3 is 0.923 bits per heavy atom. The van der Waals surface area contributed by atoms with Crippen LogP contribution >= 0.6 is 0 Å². The smallest absolute Gasteiger partial charge is 0.118 e. The predicted molar refractivity (Wildman–Crippen MR) is 264 cm³/mol. The van der Waals surface area contributed by atoms with E-state index < -0.39 is 10.8 Å². The van der Waals surface area contributed by atoms with Gasteiger partial charge in [-0.2, -0.15) is 0 Å². The second-order valence-electron chi connectivity index (χ2n) is 15.7. The summed E-state index contributed by atoms with van der Waals surface area (Å²) in [6.45, 7) is 2.10. The van der Waals surface area contributed by atoms with Gasteiger partial charge in [-0.05, 0) is 124 Å². The molecule has 0 aliphatic heterocycles. The standard InChI is InChI=1S/C62H46O3/c1-7-46-11-9-13-48(43-46)39-41-61(52-21-15-45(3)16-22-52,55-27-33-58(63-4)34-28-55)53-23-17-50(18-24-53)51-19-25-54(26-20-51)62(56-29-35-59(64-5)36-30-56,57-31-37-60(65-6)38-32-57)42-40-49-14-10-12-47(8-2)44-49/h1-2,9-38,43-44H,3-6H3. The maximum Gasteiger partial charge on any atom is 0.118 e. The first kappa shape index (κ1) is 43.1. The Balaban J connectivity index is 1.27. The molecule has 0 amide bonds. The van der Waals surface area contributed by atoms with Gasteiger partial charge in [-0.25, -0.2) is 0 Å². The number of hydrogen-bond acceptors (Lipinski definition) is 3. The van der Waals surface area contributed by atoms with E-state index in [1.165, 1.54) is 0 Å². The predicted octanol–water partition coefficient (Wildman–Crippen LogP) is 12.4. The molecule has 0 aliphatic carbocycles. The lowest BCUT2D eigenvalue weighted by Gasteiger charge is -2.32. The summed E-state index contributed by atoms with van der Waals surface area (Å²) in [5.41, 5.74) is 10.8. The Labute approximate surface area is 383 Å². The van der Waals surface area contributed by atoms with Crippen molar-refractivity contribution in [2.24, 2.45) is 0 Å². The molecule has 3 nitrogen and oxygen atoms in total. The molecule has 8 aromatic rings. The van der Waals surface area contributed by atoms with E-state index in [9.17, 15) is 0 Å². The Kier molecular flexibility index (Phi) is 12.7. The van der Waals surface area contributed by atoms with Gasteiger partial charge in [0, 0.05) is 22.3 Å². The number of benzene rings is 8. The molecule has 0 saturated carbocycles. The first-order valence-electron chi connectivity index (χ1n) is 21.2. The molecule has 0 saturated heterocycles. The molecule has 0 fully saturated rings. The minimum absolute atomic E-state index is 0.758. The van der Waals surface area contributed by atoms with Crippen LogP contribution in [0.25, 0.3) is 11.1 Å². The number of rotatable bonds is 10. The fraction of sp³-hybridized carbons (Fsp3) is 0.0968. The third kappa shape index (κ3) is 8.88. The molecule has 0 aliphatic rings. The van der Waals surface area contributed by atoms with Crippen molar-refractivity contribution in [2.75, 3.05) is 21.3 Å². The summed E-state index contributed by atoms with van der Waals surface area (Å²) < 4.78 is 16.8. The number of terminal acetylenes is 2. The largest absolute Gasteiger partial charge is 0.497 e. The van der Waals surface area contributed by atoms with Gasteiger partial charge in [-0.15, -0.1) is 12.8 Å². The lowest BCUT2D eigenvalue weighted by Crippen LogP contribution is -2.28. The van der Waals surface area contributed by atoms with Crippen molar-refractivity contribution >= 4 is 0 Å². The molecule has 8 aromatic carbocycles. The Morgan fingerprint density at radius 1 is 0.354 bits per heavy atom. The summed E-state index contributed by atoms with van der Waals surface area (Å²) >= 11 is 0. The highest BCUT2D eigenvalue weighted by atomic mass is 16.5. The molecule has 0 spiro atoms. The highest BCUT2D eigenvalue weighted by Gasteiger charge is 2.37. The van der Waals surface area contributed by atoms with Gasteiger partial charge >= 0.3 is 0 Å². The summed E-state index contributed by atoms with van der Waals surface area (Å²) in [6, 6.07) is 66.1. The number of hydrogen-bond donors (Lipinski definition) is 0. The van der Waals surface area contributed by atoms with Crippen molar-refractivity contribution in [1.82, 2.24) is 0 Å². The summed E-state index contributed by atoms with van der Waals surface area (Å²) in [4.78, 5) is 0. The Bertz CT molecular complexity index is 3090. The van der Waals surface area contributed by atoms with E-state index in [0.29, 0.717) is 0 Å². The van der Waals surface area contributed by atoms with Crippen LogP contribution in [0, 0.1) is 55.3 Å². The van der Waals surface area contributed by atoms with E-state index in [4.69, 9.17) is 27.1 Å². The van der Waals surface area contributed by atoms with Crippen molar-refractivity contribution in [3.8, 4) is 76.7 Å². The van der Waals surface area contributed by atoms with E-state index in [2.05, 4.69) is 152 Å². The minimum Gasteiger partial charge on any atom is -0.497 e. The van der Waals surface area contributed by atoms with Crippen LogP contribution in [0.3, 0.4) is 0 Å². The zero-order chi connectivity index (χ0) is 45.2. The van der Waals surface area contributed by atoms with Gasteiger partial charge in [0.25, 0.3) is 0 Å². The molecule has 0 N–H and O–H groups in total. The SMILES string of the molecule is C#Cc1cccc(C#CC(c2ccc(C)cc2)(c2ccc(OC)cc2)c2ccc(-c3ccc(C(C#Cc4cccc(C#C)c4)(c4ccc(OC)cc4)c4ccc(OC)cc4)cc3)cc2)c1. The summed E-state index contributed by atoms with van der Waals surface area (Å²) in [5.74, 6) is 22.3. The molecule has 3 heteroatoms. The van der Waals surface area contributed by atoms with Gasteiger partial charge in [0.05, 0.1) is 21.3 Å². The first-order valence-corrected chi connectivity index (χ1v) is 21.2. The van der Waals surface area contributed by atoms with Gasteiger partial charge in [-0.3, -0.25) is 0 Å². The molecule has 1 atom stereocenters. The molecule has 0 bridgehead atoms. The molecule has 65 heavy (non-hydrogen) atoms. The highest BCUT2D eigenvalue weighted by molar-refractivity contribution is 5.69. The molecule has 8 rings (SSSR count). The molecule has 1 unspecified atom stereocenters. The first-order chi connectivity index (χ1) is 31.8. The monoisotopic (exact) mass is 838 g/mol. The third-order valence-corrected chi connectivity index (χ3v) is 11.9. The molecular weight excluding hydrogens is 793 g/mol. The van der Waals surface area contributed by atoms with Crippen LogP contribution in [-0.4, -0.2) is 21.3 Å². The van der Waals surface area contributed by atoms with Crippen molar-refractivity contribution in [1.29, 1.82) is 0 Å². The van der Waals surface area contributed by atoms with Crippen molar-refractivity contribution in [3.05, 3.63) is 255 Å². The fourth-order valence-corrected chi connectivity index (χ4v) is 8.29. The van der Waals surface area contributed by atoms with Crippen LogP contribution in [0.5, 0.6) is 17.2 Å². The zero-order valence-corrected chi connectivity index (χ0v) is 36.9. The van der Waals surface area contributed by atoms with E-state index in [1.807, 2.05) is 84.9 Å². The molecule has 0 radical (unpaired) electrons. The quantitative estimate of drug-likeness (QED) is 0.101. The zero-order valence-electron chi connectivity index (χ0n) is 36.9. The Morgan fingerprint density at radius 2 is 0.631 bits per heavy atom. The average molecular weight is 839 g/mol. The van der Waals surface area contributed by atoms with Gasteiger partial charge in [-0.1, -0.05) is 162 Å². The molecule has 0 aromatic heterocycles. The van der Waals surface area contributed by atoms with Crippen LogP contribution in [0.15, 0.2) is 194 Å². The van der Waals surface area contributed by atoms with Gasteiger partial charge in [0.2, 0.25) is 0 Å². The van der Waals surface area contributed by atoms with E-state index in [0.717, 1.165) is 89.6 Å². The lowest BCUT2D eigenvalue weighted by atomic mass is 9.69. The van der Waals surface area contributed by atoms with Crippen molar-refractivity contribution in [2.45, 2.75) is 17.8 Å². The number of methoxy groups -OCH3 is 3. The number of ether oxygens (including phenoxy) is 3. The molecule has 0 heterocycles. The summed E-state index contributed by atoms with van der Waals surface area (Å²) in [6.07, 6.45) is 11.6. The number of aryl methyl sites for hydroxylation is 1. The molecular formula is C62H46O3. The highest BCUT2D eigenvalue weighted by Crippen LogP contribution is 2.43. The van der Waals surface area contributed by atoms with Gasteiger partial charge in [0.15, 0.2) is 0 Å². The van der Waals surface area contributed by atoms with Gasteiger partial charge < -0.3 is 14.2 Å². The fourth-order valence-electron chi connectivity index (χ4n) is 8.29. The average Bonchev–Trinajstić information content (AvgIpc) is 3.38. The normalized spacial score (nSPS) is 11.5. The minimum atomic E-state index is -0.891. The van der Waals surface area contributed by atoms with Gasteiger partial charge in [0.1, 0.15) is 28.1 Å². The maximum atomic E-state index is 5.79. The van der Waals surface area contributed by atoms with E-state index >= 15 is 0 Å². The van der Waals surface area contributed by atoms with Crippen molar-refractivity contribution < 1.29 is 14.2 Å². The van der Waals surface area contributed by atoms with Crippen LogP contribution < -0.4 is 14.2 Å². The van der Waals surface area contributed by atoms with Crippen LogP contribution in [0.4, 0.5) is 0 Å². The second-order valence-corrected chi connectivity index (χ2v) is 15.7. The van der Waals surface area contributed by atoms with Crippen LogP contribution in [0.2, 0.25) is 0 Å². The van der Waals surface area contributed by atoms with E-state index in [1.54, 1.807) is 21.3 Å². The summed E-state index contributed by atoms with van der Waals surface area (Å²) in [5, 5.41) is 0. The van der Waals surface area contributed by atoms with E-state index in [-0.39, 0.29) is 0 Å². The second kappa shape index (κ2) is 19.2. The molecule has 312 valence electrons.